The molecule has 1 saturated heterocycles. The molecule has 1 aliphatic heterocycles. The average Bonchev–Trinajstić information content (AvgIpc) is 2.23. The van der Waals surface area contributed by atoms with E-state index in [0.29, 0.717) is 5.75 Å². The monoisotopic (exact) mass is 223 g/mol. The summed E-state index contributed by atoms with van der Waals surface area (Å²) in [7, 11) is 0. The molecule has 0 saturated carbocycles. The van der Waals surface area contributed by atoms with Gasteiger partial charge in [0.25, 0.3) is 0 Å². The fourth-order valence-electron chi connectivity index (χ4n) is 1.92. The number of nitrogens with one attached hydrogen (secondary N) is 1. The largest absolute Gasteiger partial charge is 0.508 e. The molecule has 1 fully saturated rings. The lowest BCUT2D eigenvalue weighted by atomic mass is 9.94. The van der Waals surface area contributed by atoms with Crippen molar-refractivity contribution in [1.29, 1.82) is 0 Å². The van der Waals surface area contributed by atoms with Gasteiger partial charge in [-0.25, -0.2) is 0 Å². The molecular weight excluding hydrogens is 206 g/mol. The Morgan fingerprint density at radius 3 is 2.56 bits per heavy atom. The summed E-state index contributed by atoms with van der Waals surface area (Å²) in [6.07, 6.45) is 1.82. The minimum absolute atomic E-state index is 0.0141. The summed E-state index contributed by atoms with van der Waals surface area (Å²) in [5, 5.41) is 22.1. The number of hydrogen-bond acceptors (Lipinski definition) is 4. The lowest BCUT2D eigenvalue weighted by Crippen LogP contribution is -2.43. The molecule has 0 atom stereocenters. The Bertz CT molecular complexity index is 373. The molecule has 0 spiro atoms. The number of phenolic OH excluding ortho intramolecular Hbond substituents is 2. The van der Waals surface area contributed by atoms with Crippen molar-refractivity contribution < 1.29 is 14.9 Å². The molecule has 1 heterocycles. The molecule has 0 radical (unpaired) electrons. The van der Waals surface area contributed by atoms with Gasteiger partial charge < -0.3 is 20.3 Å². The zero-order chi connectivity index (χ0) is 11.6. The fraction of sp³-hybridized carbons (Fsp3) is 0.500. The Morgan fingerprint density at radius 2 is 1.94 bits per heavy atom. The topological polar surface area (TPSA) is 61.7 Å². The van der Waals surface area contributed by atoms with Crippen molar-refractivity contribution in [3.05, 3.63) is 18.2 Å². The van der Waals surface area contributed by atoms with Crippen LogP contribution in [0.5, 0.6) is 17.2 Å². The van der Waals surface area contributed by atoms with E-state index < -0.39 is 0 Å². The molecule has 88 valence electrons. The lowest BCUT2D eigenvalue weighted by molar-refractivity contribution is 0.0527. The van der Waals surface area contributed by atoms with Gasteiger partial charge in [0.05, 0.1) is 0 Å². The molecular formula is C12H17NO3. The van der Waals surface area contributed by atoms with Gasteiger partial charge in [0.1, 0.15) is 11.4 Å². The third-order valence-corrected chi connectivity index (χ3v) is 2.96. The molecule has 0 amide bonds. The average molecular weight is 223 g/mol. The zero-order valence-corrected chi connectivity index (χ0v) is 9.36. The van der Waals surface area contributed by atoms with Crippen LogP contribution in [0.3, 0.4) is 0 Å². The minimum atomic E-state index is -0.236. The van der Waals surface area contributed by atoms with Crippen molar-refractivity contribution in [2.45, 2.75) is 25.4 Å². The van der Waals surface area contributed by atoms with Crippen LogP contribution in [0.4, 0.5) is 0 Å². The maximum absolute atomic E-state index is 9.64. The Morgan fingerprint density at radius 1 is 1.25 bits per heavy atom. The summed E-state index contributed by atoms with van der Waals surface area (Å²) in [5.41, 5.74) is -0.236. The normalized spacial score (nSPS) is 19.3. The van der Waals surface area contributed by atoms with Gasteiger partial charge in [-0.3, -0.25) is 0 Å². The minimum Gasteiger partial charge on any atom is -0.508 e. The van der Waals surface area contributed by atoms with Crippen LogP contribution in [0.15, 0.2) is 18.2 Å². The summed E-state index contributed by atoms with van der Waals surface area (Å²) in [6.45, 7) is 3.89. The van der Waals surface area contributed by atoms with Crippen LogP contribution >= 0.6 is 0 Å². The first-order chi connectivity index (χ1) is 7.59. The molecule has 4 heteroatoms. The van der Waals surface area contributed by atoms with E-state index in [-0.39, 0.29) is 17.1 Å². The number of rotatable bonds is 2. The Hall–Kier alpha value is -1.42. The van der Waals surface area contributed by atoms with Gasteiger partial charge >= 0.3 is 0 Å². The van der Waals surface area contributed by atoms with Gasteiger partial charge in [0, 0.05) is 6.07 Å². The van der Waals surface area contributed by atoms with Crippen LogP contribution in [0.25, 0.3) is 0 Å². The smallest absolute Gasteiger partial charge is 0.162 e. The van der Waals surface area contributed by atoms with E-state index in [0.717, 1.165) is 25.9 Å². The van der Waals surface area contributed by atoms with Gasteiger partial charge in [-0.2, -0.15) is 0 Å². The van der Waals surface area contributed by atoms with E-state index in [4.69, 9.17) is 4.74 Å². The summed E-state index contributed by atoms with van der Waals surface area (Å²) >= 11 is 0. The van der Waals surface area contributed by atoms with Crippen molar-refractivity contribution in [1.82, 2.24) is 5.32 Å². The molecule has 4 nitrogen and oxygen atoms in total. The highest BCUT2D eigenvalue weighted by atomic mass is 16.5. The number of piperidine rings is 1. The van der Waals surface area contributed by atoms with Crippen molar-refractivity contribution >= 4 is 0 Å². The van der Waals surface area contributed by atoms with E-state index >= 15 is 0 Å². The first kappa shape index (κ1) is 11.1. The first-order valence-corrected chi connectivity index (χ1v) is 5.51. The maximum atomic E-state index is 9.64. The van der Waals surface area contributed by atoms with E-state index in [1.54, 1.807) is 6.07 Å². The van der Waals surface area contributed by atoms with Crippen molar-refractivity contribution in [3.8, 4) is 17.2 Å². The SMILES string of the molecule is CC1(Oc2ccc(O)cc2O)CCNCC1. The van der Waals surface area contributed by atoms with Gasteiger partial charge in [-0.1, -0.05) is 0 Å². The number of phenols is 2. The number of ether oxygens (including phenoxy) is 1. The summed E-state index contributed by atoms with van der Waals surface area (Å²) < 4.78 is 5.83. The summed E-state index contributed by atoms with van der Waals surface area (Å²) in [6, 6.07) is 4.40. The Kier molecular flexibility index (Phi) is 2.92. The van der Waals surface area contributed by atoms with E-state index in [1.807, 2.05) is 6.92 Å². The highest BCUT2D eigenvalue weighted by molar-refractivity contribution is 5.44. The fourth-order valence-corrected chi connectivity index (χ4v) is 1.92. The Balaban J connectivity index is 2.13. The number of hydrogen-bond donors (Lipinski definition) is 3. The highest BCUT2D eigenvalue weighted by Crippen LogP contribution is 2.34. The molecule has 1 aliphatic rings. The summed E-state index contributed by atoms with van der Waals surface area (Å²) in [4.78, 5) is 0. The third-order valence-electron chi connectivity index (χ3n) is 2.96. The van der Waals surface area contributed by atoms with Gasteiger partial charge in [0.15, 0.2) is 11.5 Å². The second kappa shape index (κ2) is 4.22. The molecule has 1 aromatic carbocycles. The van der Waals surface area contributed by atoms with Gasteiger partial charge in [0.2, 0.25) is 0 Å². The third kappa shape index (κ3) is 2.39. The highest BCUT2D eigenvalue weighted by Gasteiger charge is 2.29. The van der Waals surface area contributed by atoms with Crippen LogP contribution in [-0.2, 0) is 0 Å². The van der Waals surface area contributed by atoms with Crippen LogP contribution in [-0.4, -0.2) is 28.9 Å². The second-order valence-electron chi connectivity index (χ2n) is 4.45. The quantitative estimate of drug-likeness (QED) is 0.713. The maximum Gasteiger partial charge on any atom is 0.162 e. The predicted octanol–water partition coefficient (Wildman–Crippen LogP) is 1.62. The molecule has 0 bridgehead atoms. The van der Waals surface area contributed by atoms with Crippen LogP contribution in [0.2, 0.25) is 0 Å². The predicted molar refractivity (Wildman–Crippen MR) is 60.9 cm³/mol. The molecule has 0 aliphatic carbocycles. The van der Waals surface area contributed by atoms with Crippen molar-refractivity contribution in [3.63, 3.8) is 0 Å². The van der Waals surface area contributed by atoms with Crippen LogP contribution in [0, 0.1) is 0 Å². The Labute approximate surface area is 94.9 Å². The molecule has 1 aromatic rings. The summed E-state index contributed by atoms with van der Waals surface area (Å²) in [5.74, 6) is 0.460. The molecule has 16 heavy (non-hydrogen) atoms. The van der Waals surface area contributed by atoms with Crippen LogP contribution in [0.1, 0.15) is 19.8 Å². The van der Waals surface area contributed by atoms with Crippen LogP contribution < -0.4 is 10.1 Å². The molecule has 0 unspecified atom stereocenters. The van der Waals surface area contributed by atoms with Gasteiger partial charge in [-0.15, -0.1) is 0 Å². The van der Waals surface area contributed by atoms with Gasteiger partial charge in [-0.05, 0) is 45.0 Å². The molecule has 3 N–H and O–H groups in total. The van der Waals surface area contributed by atoms with Crippen molar-refractivity contribution in [2.75, 3.05) is 13.1 Å². The second-order valence-corrected chi connectivity index (χ2v) is 4.45. The van der Waals surface area contributed by atoms with E-state index in [9.17, 15) is 10.2 Å². The van der Waals surface area contributed by atoms with Crippen molar-refractivity contribution in [2.24, 2.45) is 0 Å². The van der Waals surface area contributed by atoms with E-state index in [2.05, 4.69) is 5.32 Å². The lowest BCUT2D eigenvalue weighted by Gasteiger charge is -2.34. The standard InChI is InChI=1S/C12H17NO3/c1-12(4-6-13-7-5-12)16-11-3-2-9(14)8-10(11)15/h2-3,8,13-15H,4-7H2,1H3. The number of aromatic hydroxyl groups is 2. The molecule has 0 aromatic heterocycles. The zero-order valence-electron chi connectivity index (χ0n) is 9.36. The molecule has 2 rings (SSSR count). The van der Waals surface area contributed by atoms with E-state index in [1.165, 1.54) is 12.1 Å². The number of benzene rings is 1. The first-order valence-electron chi connectivity index (χ1n) is 5.51.